The molecule has 0 aliphatic carbocycles. The van der Waals surface area contributed by atoms with Crippen LogP contribution in [0.3, 0.4) is 0 Å². The Hall–Kier alpha value is -0.500. The van der Waals surface area contributed by atoms with Crippen molar-refractivity contribution in [3.63, 3.8) is 0 Å². The Morgan fingerprint density at radius 1 is 1.62 bits per heavy atom. The maximum atomic E-state index is 5.03. The van der Waals surface area contributed by atoms with Crippen LogP contribution >= 0.6 is 0 Å². The second-order valence-electron chi connectivity index (χ2n) is 1.45. The fourth-order valence-corrected chi connectivity index (χ4v) is 0.457. The zero-order chi connectivity index (χ0) is 6.41. The summed E-state index contributed by atoms with van der Waals surface area (Å²) >= 11 is 0. The zero-order valence-corrected chi connectivity index (χ0v) is 5.72. The average molecular weight is 115 g/mol. The van der Waals surface area contributed by atoms with Gasteiger partial charge in [0, 0.05) is 13.2 Å². The van der Waals surface area contributed by atoms with E-state index in [1.54, 1.807) is 5.06 Å². The van der Waals surface area contributed by atoms with E-state index in [1.165, 1.54) is 0 Å². The van der Waals surface area contributed by atoms with Crippen molar-refractivity contribution in [2.45, 2.75) is 13.8 Å². The van der Waals surface area contributed by atoms with Gasteiger partial charge in [-0.2, -0.15) is 0 Å². The third kappa shape index (κ3) is 3.68. The molecule has 0 aromatic rings. The molecule has 0 aliphatic heterocycles. The smallest absolute Gasteiger partial charge is 0.0720 e. The molecule has 0 aliphatic rings. The number of allylic oxidation sites excluding steroid dienone is 1. The van der Waals surface area contributed by atoms with Crippen LogP contribution in [0.25, 0.3) is 0 Å². The minimum Gasteiger partial charge on any atom is -0.275 e. The molecule has 0 bridgehead atoms. The normalized spacial score (nSPS) is 10.4. The maximum Gasteiger partial charge on any atom is 0.0720 e. The Balaban J connectivity index is 3.17. The minimum absolute atomic E-state index is 0.723. The van der Waals surface area contributed by atoms with Crippen molar-refractivity contribution >= 4 is 0 Å². The quantitative estimate of drug-likeness (QED) is 0.515. The summed E-state index contributed by atoms with van der Waals surface area (Å²) in [4.78, 5) is 5.03. The van der Waals surface area contributed by atoms with E-state index >= 15 is 0 Å². The summed E-state index contributed by atoms with van der Waals surface area (Å²) in [6.45, 7) is 4.64. The lowest BCUT2D eigenvalue weighted by atomic mass is 10.7. The van der Waals surface area contributed by atoms with Crippen molar-refractivity contribution in [3.8, 4) is 0 Å². The molecule has 0 rings (SSSR count). The molecule has 0 N–H and O–H groups in total. The summed E-state index contributed by atoms with van der Waals surface area (Å²) in [5, 5.41) is 1.68. The Kier molecular flexibility index (Phi) is 4.36. The molecule has 0 aromatic heterocycles. The minimum atomic E-state index is 0.723. The van der Waals surface area contributed by atoms with Crippen molar-refractivity contribution in [3.05, 3.63) is 12.3 Å². The van der Waals surface area contributed by atoms with Gasteiger partial charge in [-0.05, 0) is 13.8 Å². The van der Waals surface area contributed by atoms with E-state index < -0.39 is 0 Å². The first-order chi connectivity index (χ1) is 3.81. The van der Waals surface area contributed by atoms with Crippen LogP contribution < -0.4 is 0 Å². The van der Waals surface area contributed by atoms with Gasteiger partial charge in [0.25, 0.3) is 0 Å². The highest BCUT2D eigenvalue weighted by Crippen LogP contribution is 1.83. The fraction of sp³-hybridized carbons (Fsp3) is 0.667. The molecule has 0 saturated heterocycles. The van der Waals surface area contributed by atoms with Gasteiger partial charge >= 0.3 is 0 Å². The lowest BCUT2D eigenvalue weighted by Gasteiger charge is -2.10. The van der Waals surface area contributed by atoms with Crippen molar-refractivity contribution in [2.24, 2.45) is 0 Å². The van der Waals surface area contributed by atoms with Gasteiger partial charge in [0.1, 0.15) is 0 Å². The highest BCUT2D eigenvalue weighted by atomic mass is 16.7. The molecule has 0 heterocycles. The average Bonchev–Trinajstić information content (AvgIpc) is 1.68. The molecule has 2 heteroatoms. The number of nitrogens with zero attached hydrogens (tertiary/aromatic N) is 1. The SMILES string of the molecule is C/C=C/N(C)OCC. The molecule has 0 amide bonds. The van der Waals surface area contributed by atoms with Crippen LogP contribution in [-0.4, -0.2) is 18.7 Å². The molecule has 0 radical (unpaired) electrons. The van der Waals surface area contributed by atoms with Crippen LogP contribution in [0.5, 0.6) is 0 Å². The summed E-state index contributed by atoms with van der Waals surface area (Å²) in [6, 6.07) is 0. The van der Waals surface area contributed by atoms with Gasteiger partial charge in [0.15, 0.2) is 0 Å². The third-order valence-corrected chi connectivity index (χ3v) is 0.692. The van der Waals surface area contributed by atoms with E-state index in [0.29, 0.717) is 0 Å². The standard InChI is InChI=1S/C6H13NO/c1-4-6-7(3)8-5-2/h4,6H,5H2,1-3H3/b6-4+. The van der Waals surface area contributed by atoms with E-state index in [9.17, 15) is 0 Å². The maximum absolute atomic E-state index is 5.03. The van der Waals surface area contributed by atoms with Gasteiger partial charge in [-0.25, -0.2) is 0 Å². The van der Waals surface area contributed by atoms with Gasteiger partial charge in [0.2, 0.25) is 0 Å². The summed E-state index contributed by atoms with van der Waals surface area (Å²) in [7, 11) is 1.86. The molecule has 0 fully saturated rings. The van der Waals surface area contributed by atoms with Crippen LogP contribution in [0.4, 0.5) is 0 Å². The van der Waals surface area contributed by atoms with Crippen LogP contribution in [0.15, 0.2) is 12.3 Å². The summed E-state index contributed by atoms with van der Waals surface area (Å²) < 4.78 is 0. The number of hydrogen-bond acceptors (Lipinski definition) is 2. The molecule has 2 nitrogen and oxygen atoms in total. The fourth-order valence-electron chi connectivity index (χ4n) is 0.457. The number of hydrogen-bond donors (Lipinski definition) is 0. The first-order valence-corrected chi connectivity index (χ1v) is 2.79. The van der Waals surface area contributed by atoms with Gasteiger partial charge in [-0.1, -0.05) is 6.08 Å². The lowest BCUT2D eigenvalue weighted by molar-refractivity contribution is -0.0938. The zero-order valence-electron chi connectivity index (χ0n) is 5.72. The predicted octanol–water partition coefficient (Wildman–Crippen LogP) is 1.40. The van der Waals surface area contributed by atoms with Gasteiger partial charge < -0.3 is 0 Å². The first-order valence-electron chi connectivity index (χ1n) is 2.79. The van der Waals surface area contributed by atoms with Gasteiger partial charge in [-0.15, -0.1) is 0 Å². The lowest BCUT2D eigenvalue weighted by Crippen LogP contribution is -2.10. The summed E-state index contributed by atoms with van der Waals surface area (Å²) in [6.07, 6.45) is 3.79. The van der Waals surface area contributed by atoms with Crippen molar-refractivity contribution in [2.75, 3.05) is 13.7 Å². The highest BCUT2D eigenvalue weighted by Gasteiger charge is 1.81. The van der Waals surface area contributed by atoms with Crippen LogP contribution in [0, 0.1) is 0 Å². The Bertz CT molecular complexity index is 70.9. The molecular weight excluding hydrogens is 102 g/mol. The van der Waals surface area contributed by atoms with Crippen molar-refractivity contribution in [1.82, 2.24) is 5.06 Å². The summed E-state index contributed by atoms with van der Waals surface area (Å²) in [5.41, 5.74) is 0. The van der Waals surface area contributed by atoms with E-state index in [1.807, 2.05) is 33.2 Å². The van der Waals surface area contributed by atoms with Gasteiger partial charge in [-0.3, -0.25) is 9.90 Å². The van der Waals surface area contributed by atoms with E-state index in [4.69, 9.17) is 4.84 Å². The second kappa shape index (κ2) is 4.65. The van der Waals surface area contributed by atoms with Crippen LogP contribution in [0.1, 0.15) is 13.8 Å². The number of rotatable bonds is 3. The molecule has 48 valence electrons. The monoisotopic (exact) mass is 115 g/mol. The Labute approximate surface area is 50.7 Å². The van der Waals surface area contributed by atoms with Crippen molar-refractivity contribution in [1.29, 1.82) is 0 Å². The molecule has 0 unspecified atom stereocenters. The molecule has 0 aromatic carbocycles. The second-order valence-corrected chi connectivity index (χ2v) is 1.45. The van der Waals surface area contributed by atoms with Gasteiger partial charge in [0.05, 0.1) is 6.61 Å². The first kappa shape index (κ1) is 7.50. The number of hydroxylamine groups is 2. The van der Waals surface area contributed by atoms with E-state index in [2.05, 4.69) is 0 Å². The molecular formula is C6H13NO. The van der Waals surface area contributed by atoms with Crippen molar-refractivity contribution < 1.29 is 4.84 Å². The Morgan fingerprint density at radius 2 is 2.25 bits per heavy atom. The van der Waals surface area contributed by atoms with E-state index in [0.717, 1.165) is 6.61 Å². The molecule has 0 saturated carbocycles. The molecule has 8 heavy (non-hydrogen) atoms. The molecule has 0 atom stereocenters. The highest BCUT2D eigenvalue weighted by molar-refractivity contribution is 4.70. The largest absolute Gasteiger partial charge is 0.275 e. The topological polar surface area (TPSA) is 12.5 Å². The predicted molar refractivity (Wildman–Crippen MR) is 34.2 cm³/mol. The summed E-state index contributed by atoms with van der Waals surface area (Å²) in [5.74, 6) is 0. The molecule has 0 spiro atoms. The van der Waals surface area contributed by atoms with Crippen LogP contribution in [0.2, 0.25) is 0 Å². The Morgan fingerprint density at radius 3 is 2.62 bits per heavy atom. The van der Waals surface area contributed by atoms with E-state index in [-0.39, 0.29) is 0 Å². The van der Waals surface area contributed by atoms with Crippen LogP contribution in [-0.2, 0) is 4.84 Å². The third-order valence-electron chi connectivity index (χ3n) is 0.692.